The summed E-state index contributed by atoms with van der Waals surface area (Å²) >= 11 is 3.37. The number of aryl methyl sites for hydroxylation is 2. The predicted octanol–water partition coefficient (Wildman–Crippen LogP) is 3.49. The molecule has 0 aliphatic carbocycles. The van der Waals surface area contributed by atoms with E-state index < -0.39 is 11.5 Å². The van der Waals surface area contributed by atoms with Crippen molar-refractivity contribution < 1.29 is 19.1 Å². The fraction of sp³-hybridized carbons (Fsp3) is 0.333. The molecule has 2 heterocycles. The Kier molecular flexibility index (Phi) is 4.13. The minimum Gasteiger partial charge on any atom is -0.469 e. The molecule has 1 aromatic carbocycles. The number of hydrogen-bond donors (Lipinski definition) is 1. The molecule has 0 saturated carbocycles. The van der Waals surface area contributed by atoms with Gasteiger partial charge in [-0.2, -0.15) is 0 Å². The van der Waals surface area contributed by atoms with Crippen molar-refractivity contribution in [1.29, 1.82) is 0 Å². The minimum atomic E-state index is -1.86. The molecule has 0 radical (unpaired) electrons. The Morgan fingerprint density at radius 3 is 2.67 bits per heavy atom. The van der Waals surface area contributed by atoms with E-state index in [2.05, 4.69) is 15.9 Å². The van der Waals surface area contributed by atoms with E-state index in [0.717, 1.165) is 4.47 Å². The standard InChI is InChI=1S/C18H18BrNO4/c1-4-20-14-6-5-12(19)7-13(14)18(23,17(20)22)8-15(21)16-10(2)9-24-11(16)3/h5-7,9,23H,4,8H2,1-3H3/t18-/m0/s1. The van der Waals surface area contributed by atoms with Crippen LogP contribution in [0.2, 0.25) is 0 Å². The van der Waals surface area contributed by atoms with Gasteiger partial charge in [0.05, 0.1) is 23.9 Å². The maximum atomic E-state index is 12.8. The van der Waals surface area contributed by atoms with Crippen LogP contribution in [-0.4, -0.2) is 23.3 Å². The predicted molar refractivity (Wildman–Crippen MR) is 93.2 cm³/mol. The first kappa shape index (κ1) is 16.9. The van der Waals surface area contributed by atoms with E-state index in [9.17, 15) is 14.7 Å². The molecule has 0 saturated heterocycles. The van der Waals surface area contributed by atoms with Crippen molar-refractivity contribution in [2.24, 2.45) is 0 Å². The van der Waals surface area contributed by atoms with Crippen molar-refractivity contribution in [2.45, 2.75) is 32.8 Å². The number of fused-ring (bicyclic) bond motifs is 1. The number of nitrogens with zero attached hydrogens (tertiary/aromatic N) is 1. The Bertz CT molecular complexity index is 822. The summed E-state index contributed by atoms with van der Waals surface area (Å²) in [7, 11) is 0. The van der Waals surface area contributed by atoms with Gasteiger partial charge >= 0.3 is 0 Å². The van der Waals surface area contributed by atoms with E-state index >= 15 is 0 Å². The quantitative estimate of drug-likeness (QED) is 0.809. The smallest absolute Gasteiger partial charge is 0.264 e. The van der Waals surface area contributed by atoms with Crippen molar-refractivity contribution in [3.8, 4) is 0 Å². The molecule has 0 unspecified atom stereocenters. The van der Waals surface area contributed by atoms with Crippen LogP contribution >= 0.6 is 15.9 Å². The molecule has 24 heavy (non-hydrogen) atoms. The number of carbonyl (C=O) groups excluding carboxylic acids is 2. The van der Waals surface area contributed by atoms with Crippen LogP contribution in [0, 0.1) is 13.8 Å². The summed E-state index contributed by atoms with van der Waals surface area (Å²) in [6.45, 7) is 5.73. The number of ketones is 1. The Morgan fingerprint density at radius 1 is 1.38 bits per heavy atom. The average molecular weight is 392 g/mol. The number of carbonyl (C=O) groups is 2. The van der Waals surface area contributed by atoms with Crippen LogP contribution in [0.25, 0.3) is 0 Å². The third-order valence-corrected chi connectivity index (χ3v) is 4.96. The molecule has 0 bridgehead atoms. The van der Waals surface area contributed by atoms with Gasteiger partial charge in [0, 0.05) is 16.6 Å². The Morgan fingerprint density at radius 2 is 2.08 bits per heavy atom. The average Bonchev–Trinajstić information content (AvgIpc) is 2.96. The highest BCUT2D eigenvalue weighted by molar-refractivity contribution is 9.10. The molecule has 0 fully saturated rings. The second-order valence-corrected chi connectivity index (χ2v) is 6.94. The molecule has 1 atom stereocenters. The second kappa shape index (κ2) is 5.86. The van der Waals surface area contributed by atoms with E-state index in [1.165, 1.54) is 11.2 Å². The van der Waals surface area contributed by atoms with Crippen LogP contribution in [0.3, 0.4) is 0 Å². The van der Waals surface area contributed by atoms with Gasteiger partial charge in [0.1, 0.15) is 5.76 Å². The fourth-order valence-electron chi connectivity index (χ4n) is 3.32. The molecule has 3 rings (SSSR count). The summed E-state index contributed by atoms with van der Waals surface area (Å²) in [6.07, 6.45) is 1.19. The second-order valence-electron chi connectivity index (χ2n) is 6.02. The molecule has 1 aliphatic rings. The summed E-state index contributed by atoms with van der Waals surface area (Å²) in [5.74, 6) is -0.280. The number of Topliss-reactive ketones (excluding diaryl/α,β-unsaturated/α-hetero) is 1. The molecular formula is C18H18BrNO4. The summed E-state index contributed by atoms with van der Waals surface area (Å²) in [5, 5.41) is 11.1. The summed E-state index contributed by atoms with van der Waals surface area (Å²) in [6, 6.07) is 5.29. The van der Waals surface area contributed by atoms with Crippen molar-refractivity contribution >= 4 is 33.3 Å². The lowest BCUT2D eigenvalue weighted by Gasteiger charge is -2.22. The SMILES string of the molecule is CCN1C(=O)[C@](O)(CC(=O)c2c(C)coc2C)c2cc(Br)ccc21. The summed E-state index contributed by atoms with van der Waals surface area (Å²) < 4.78 is 6.01. The Labute approximate surface area is 148 Å². The number of hydrogen-bond acceptors (Lipinski definition) is 4. The molecule has 126 valence electrons. The molecule has 5 nitrogen and oxygen atoms in total. The van der Waals surface area contributed by atoms with Gasteiger partial charge < -0.3 is 14.4 Å². The van der Waals surface area contributed by atoms with Crippen LogP contribution in [0.5, 0.6) is 0 Å². The van der Waals surface area contributed by atoms with Crippen LogP contribution in [0.4, 0.5) is 5.69 Å². The van der Waals surface area contributed by atoms with Crippen LogP contribution in [0.15, 0.2) is 33.4 Å². The molecule has 6 heteroatoms. The monoisotopic (exact) mass is 391 g/mol. The lowest BCUT2D eigenvalue weighted by atomic mass is 9.87. The third kappa shape index (κ3) is 2.41. The number of likely N-dealkylation sites (N-methyl/N-ethyl adjacent to an activating group) is 1. The highest BCUT2D eigenvalue weighted by Crippen LogP contribution is 2.44. The molecular weight excluding hydrogens is 374 g/mol. The Hall–Kier alpha value is -1.92. The highest BCUT2D eigenvalue weighted by atomic mass is 79.9. The molecule has 0 spiro atoms. The summed E-state index contributed by atoms with van der Waals surface area (Å²) in [4.78, 5) is 27.0. The fourth-order valence-corrected chi connectivity index (χ4v) is 3.68. The number of anilines is 1. The highest BCUT2D eigenvalue weighted by Gasteiger charge is 2.50. The third-order valence-electron chi connectivity index (χ3n) is 4.46. The van der Waals surface area contributed by atoms with Gasteiger partial charge in [0.25, 0.3) is 5.91 Å². The maximum Gasteiger partial charge on any atom is 0.264 e. The largest absolute Gasteiger partial charge is 0.469 e. The van der Waals surface area contributed by atoms with E-state index in [-0.39, 0.29) is 12.2 Å². The number of amides is 1. The topological polar surface area (TPSA) is 70.8 Å². The minimum absolute atomic E-state index is 0.307. The summed E-state index contributed by atoms with van der Waals surface area (Å²) in [5.41, 5.74) is 0.371. The van der Waals surface area contributed by atoms with E-state index in [1.54, 1.807) is 26.0 Å². The lowest BCUT2D eigenvalue weighted by molar-refractivity contribution is -0.135. The number of aliphatic hydroxyl groups is 1. The zero-order chi connectivity index (χ0) is 17.6. The van der Waals surface area contributed by atoms with Gasteiger partial charge in [-0.3, -0.25) is 9.59 Å². The van der Waals surface area contributed by atoms with E-state index in [0.29, 0.717) is 34.7 Å². The lowest BCUT2D eigenvalue weighted by Crippen LogP contribution is -2.41. The van der Waals surface area contributed by atoms with Gasteiger partial charge in [0.2, 0.25) is 0 Å². The molecule has 1 amide bonds. The zero-order valence-electron chi connectivity index (χ0n) is 13.7. The van der Waals surface area contributed by atoms with Gasteiger partial charge in [-0.15, -0.1) is 0 Å². The van der Waals surface area contributed by atoms with Crippen LogP contribution < -0.4 is 4.90 Å². The first-order valence-corrected chi connectivity index (χ1v) is 8.51. The molecule has 1 N–H and O–H groups in total. The number of benzene rings is 1. The van der Waals surface area contributed by atoms with E-state index in [1.807, 2.05) is 13.0 Å². The van der Waals surface area contributed by atoms with E-state index in [4.69, 9.17) is 4.42 Å². The van der Waals surface area contributed by atoms with Gasteiger partial charge in [0.15, 0.2) is 11.4 Å². The number of rotatable bonds is 4. The zero-order valence-corrected chi connectivity index (χ0v) is 15.3. The molecule has 2 aromatic rings. The van der Waals surface area contributed by atoms with Gasteiger partial charge in [-0.25, -0.2) is 0 Å². The normalized spacial score (nSPS) is 19.7. The number of halogens is 1. The van der Waals surface area contributed by atoms with Crippen molar-refractivity contribution in [3.05, 3.63) is 51.4 Å². The molecule has 1 aliphatic heterocycles. The van der Waals surface area contributed by atoms with Crippen molar-refractivity contribution in [1.82, 2.24) is 0 Å². The van der Waals surface area contributed by atoms with Gasteiger partial charge in [-0.1, -0.05) is 15.9 Å². The van der Waals surface area contributed by atoms with Crippen molar-refractivity contribution in [2.75, 3.05) is 11.4 Å². The van der Waals surface area contributed by atoms with Crippen molar-refractivity contribution in [3.63, 3.8) is 0 Å². The van der Waals surface area contributed by atoms with Crippen LogP contribution in [0.1, 0.15) is 40.6 Å². The first-order chi connectivity index (χ1) is 11.3. The maximum absolute atomic E-state index is 12.8. The first-order valence-electron chi connectivity index (χ1n) is 7.72. The Balaban J connectivity index is 2.05. The molecule has 1 aromatic heterocycles. The van der Waals surface area contributed by atoms with Crippen LogP contribution in [-0.2, 0) is 10.4 Å². The van der Waals surface area contributed by atoms with Gasteiger partial charge in [-0.05, 0) is 44.5 Å². The number of furan rings is 1.